The van der Waals surface area contributed by atoms with E-state index < -0.39 is 0 Å². The van der Waals surface area contributed by atoms with Crippen LogP contribution in [0.25, 0.3) is 0 Å². The molecule has 6 heteroatoms. The molecule has 0 amide bonds. The molecule has 2 aromatic rings. The average Bonchev–Trinajstić information content (AvgIpc) is 2.46. The van der Waals surface area contributed by atoms with Gasteiger partial charge in [-0.1, -0.05) is 0 Å². The summed E-state index contributed by atoms with van der Waals surface area (Å²) in [4.78, 5) is 8.57. The first-order valence-corrected chi connectivity index (χ1v) is 6.47. The molecule has 0 aliphatic rings. The molecule has 0 atom stereocenters. The molecule has 0 spiro atoms. The molecule has 0 radical (unpaired) electrons. The van der Waals surface area contributed by atoms with Crippen molar-refractivity contribution in [2.75, 3.05) is 17.2 Å². The van der Waals surface area contributed by atoms with Crippen LogP contribution in [0.1, 0.15) is 23.9 Å². The summed E-state index contributed by atoms with van der Waals surface area (Å²) >= 11 is 0. The lowest BCUT2D eigenvalue weighted by atomic mass is 10.1. The highest BCUT2D eigenvalue weighted by atomic mass is 15.1. The number of aryl methyl sites for hydroxylation is 1. The number of nitriles is 2. The summed E-state index contributed by atoms with van der Waals surface area (Å²) in [5, 5.41) is 24.2. The SMILES string of the molecule is CCNc1cc(Nc2ccc(C#N)c(C#N)c2)nc(C)n1. The van der Waals surface area contributed by atoms with E-state index in [0.29, 0.717) is 28.5 Å². The fraction of sp³-hybridized carbons (Fsp3) is 0.200. The van der Waals surface area contributed by atoms with Crippen LogP contribution in [0.4, 0.5) is 17.3 Å². The Morgan fingerprint density at radius 2 is 1.76 bits per heavy atom. The van der Waals surface area contributed by atoms with E-state index in [-0.39, 0.29) is 0 Å². The number of rotatable bonds is 4. The summed E-state index contributed by atoms with van der Waals surface area (Å²) in [5.41, 5.74) is 1.39. The van der Waals surface area contributed by atoms with Gasteiger partial charge >= 0.3 is 0 Å². The molecule has 0 saturated heterocycles. The molecule has 2 N–H and O–H groups in total. The van der Waals surface area contributed by atoms with Crippen LogP contribution in [0.3, 0.4) is 0 Å². The summed E-state index contributed by atoms with van der Waals surface area (Å²) in [6.45, 7) is 4.57. The van der Waals surface area contributed by atoms with Crippen LogP contribution in [0.2, 0.25) is 0 Å². The monoisotopic (exact) mass is 278 g/mol. The van der Waals surface area contributed by atoms with Gasteiger partial charge in [0.05, 0.1) is 11.1 Å². The highest BCUT2D eigenvalue weighted by molar-refractivity contribution is 5.63. The van der Waals surface area contributed by atoms with E-state index in [2.05, 4.69) is 20.6 Å². The van der Waals surface area contributed by atoms with E-state index in [4.69, 9.17) is 10.5 Å². The molecule has 0 fully saturated rings. The van der Waals surface area contributed by atoms with Gasteiger partial charge in [-0.05, 0) is 32.0 Å². The van der Waals surface area contributed by atoms with Gasteiger partial charge in [-0.15, -0.1) is 0 Å². The first-order chi connectivity index (χ1) is 10.2. The van der Waals surface area contributed by atoms with Gasteiger partial charge in [-0.25, -0.2) is 9.97 Å². The number of benzene rings is 1. The first-order valence-electron chi connectivity index (χ1n) is 6.47. The fourth-order valence-corrected chi connectivity index (χ4v) is 1.86. The number of nitrogens with zero attached hydrogens (tertiary/aromatic N) is 4. The Kier molecular flexibility index (Phi) is 4.33. The Morgan fingerprint density at radius 3 is 2.43 bits per heavy atom. The zero-order valence-corrected chi connectivity index (χ0v) is 11.8. The van der Waals surface area contributed by atoms with Gasteiger partial charge in [0.1, 0.15) is 29.6 Å². The molecule has 21 heavy (non-hydrogen) atoms. The van der Waals surface area contributed by atoms with Gasteiger partial charge < -0.3 is 10.6 Å². The molecule has 1 heterocycles. The predicted molar refractivity (Wildman–Crippen MR) is 80.1 cm³/mol. The van der Waals surface area contributed by atoms with Crippen molar-refractivity contribution < 1.29 is 0 Å². The summed E-state index contributed by atoms with van der Waals surface area (Å²) in [6.07, 6.45) is 0. The Balaban J connectivity index is 2.30. The minimum absolute atomic E-state index is 0.334. The zero-order valence-electron chi connectivity index (χ0n) is 11.8. The van der Waals surface area contributed by atoms with Crippen molar-refractivity contribution in [2.24, 2.45) is 0 Å². The molecule has 104 valence electrons. The van der Waals surface area contributed by atoms with Crippen LogP contribution in [0.15, 0.2) is 24.3 Å². The topological polar surface area (TPSA) is 97.4 Å². The van der Waals surface area contributed by atoms with E-state index in [1.807, 2.05) is 26.0 Å². The molecule has 0 saturated carbocycles. The molecule has 0 aliphatic carbocycles. The van der Waals surface area contributed by atoms with Crippen LogP contribution in [-0.4, -0.2) is 16.5 Å². The highest BCUT2D eigenvalue weighted by Gasteiger charge is 2.05. The van der Waals surface area contributed by atoms with Crippen molar-refractivity contribution >= 4 is 17.3 Å². The van der Waals surface area contributed by atoms with Crippen LogP contribution >= 0.6 is 0 Å². The third-order valence-electron chi connectivity index (χ3n) is 2.73. The van der Waals surface area contributed by atoms with Crippen LogP contribution in [0.5, 0.6) is 0 Å². The normalized spacial score (nSPS) is 9.52. The molecule has 1 aromatic carbocycles. The first kappa shape index (κ1) is 14.3. The zero-order chi connectivity index (χ0) is 15.2. The molecule has 0 unspecified atom stereocenters. The lowest BCUT2D eigenvalue weighted by Gasteiger charge is -2.09. The van der Waals surface area contributed by atoms with E-state index >= 15 is 0 Å². The largest absolute Gasteiger partial charge is 0.370 e. The second-order valence-corrected chi connectivity index (χ2v) is 4.32. The van der Waals surface area contributed by atoms with Crippen molar-refractivity contribution in [1.82, 2.24) is 9.97 Å². The lowest BCUT2D eigenvalue weighted by molar-refractivity contribution is 1.04. The van der Waals surface area contributed by atoms with Crippen molar-refractivity contribution in [2.45, 2.75) is 13.8 Å². The number of hydrogen-bond acceptors (Lipinski definition) is 6. The molecular weight excluding hydrogens is 264 g/mol. The Labute approximate surface area is 123 Å². The number of aromatic nitrogens is 2. The van der Waals surface area contributed by atoms with Gasteiger partial charge in [0.2, 0.25) is 0 Å². The Bertz CT molecular complexity index is 739. The van der Waals surface area contributed by atoms with E-state index in [9.17, 15) is 0 Å². The predicted octanol–water partition coefficient (Wildman–Crippen LogP) is 2.70. The highest BCUT2D eigenvalue weighted by Crippen LogP contribution is 2.20. The van der Waals surface area contributed by atoms with Gasteiger partial charge in [0.15, 0.2) is 0 Å². The van der Waals surface area contributed by atoms with E-state index in [1.54, 1.807) is 24.3 Å². The van der Waals surface area contributed by atoms with Crippen molar-refractivity contribution in [3.63, 3.8) is 0 Å². The summed E-state index contributed by atoms with van der Waals surface area (Å²) in [7, 11) is 0. The second kappa shape index (κ2) is 6.36. The van der Waals surface area contributed by atoms with Crippen molar-refractivity contribution in [1.29, 1.82) is 10.5 Å². The quantitative estimate of drug-likeness (QED) is 0.892. The van der Waals surface area contributed by atoms with Crippen LogP contribution in [-0.2, 0) is 0 Å². The smallest absolute Gasteiger partial charge is 0.136 e. The standard InChI is InChI=1S/C15H14N6/c1-3-18-14-7-15(20-10(2)19-14)21-13-5-4-11(8-16)12(6-13)9-17/h4-7H,3H2,1-2H3,(H2,18,19,20,21). The fourth-order valence-electron chi connectivity index (χ4n) is 1.86. The van der Waals surface area contributed by atoms with Crippen molar-refractivity contribution in [3.8, 4) is 12.1 Å². The lowest BCUT2D eigenvalue weighted by Crippen LogP contribution is -2.04. The van der Waals surface area contributed by atoms with E-state index in [0.717, 1.165) is 12.4 Å². The van der Waals surface area contributed by atoms with Gasteiger partial charge in [-0.3, -0.25) is 0 Å². The maximum Gasteiger partial charge on any atom is 0.136 e. The third-order valence-corrected chi connectivity index (χ3v) is 2.73. The summed E-state index contributed by atoms with van der Waals surface area (Å²) in [5.74, 6) is 2.01. The summed E-state index contributed by atoms with van der Waals surface area (Å²) in [6, 6.07) is 10.8. The van der Waals surface area contributed by atoms with Gasteiger partial charge in [0, 0.05) is 18.3 Å². The number of nitrogens with one attached hydrogen (secondary N) is 2. The Morgan fingerprint density at radius 1 is 1.05 bits per heavy atom. The van der Waals surface area contributed by atoms with Crippen LogP contribution < -0.4 is 10.6 Å². The number of hydrogen-bond donors (Lipinski definition) is 2. The number of anilines is 3. The molecule has 2 rings (SSSR count). The van der Waals surface area contributed by atoms with Crippen LogP contribution in [0, 0.1) is 29.6 Å². The average molecular weight is 278 g/mol. The maximum atomic E-state index is 9.03. The molecule has 0 aliphatic heterocycles. The minimum Gasteiger partial charge on any atom is -0.370 e. The second-order valence-electron chi connectivity index (χ2n) is 4.32. The molecule has 0 bridgehead atoms. The summed E-state index contributed by atoms with van der Waals surface area (Å²) < 4.78 is 0. The maximum absolute atomic E-state index is 9.03. The Hall–Kier alpha value is -3.12. The van der Waals surface area contributed by atoms with E-state index in [1.165, 1.54) is 0 Å². The van der Waals surface area contributed by atoms with Crippen molar-refractivity contribution in [3.05, 3.63) is 41.2 Å². The molecular formula is C15H14N6. The molecule has 1 aromatic heterocycles. The third kappa shape index (κ3) is 3.46. The van der Waals surface area contributed by atoms with Gasteiger partial charge in [0.25, 0.3) is 0 Å². The molecule has 6 nitrogen and oxygen atoms in total. The van der Waals surface area contributed by atoms with Gasteiger partial charge in [-0.2, -0.15) is 10.5 Å². The minimum atomic E-state index is 0.334.